The number of alkyl halides is 3. The third kappa shape index (κ3) is 4.08. The van der Waals surface area contributed by atoms with E-state index in [-0.39, 0.29) is 11.7 Å². The zero-order chi connectivity index (χ0) is 22.3. The fraction of sp³-hybridized carbons (Fsp3) is 0.409. The Kier molecular flexibility index (Phi) is 5.36. The Morgan fingerprint density at radius 1 is 1.19 bits per heavy atom. The van der Waals surface area contributed by atoms with E-state index in [1.165, 1.54) is 11.5 Å². The number of aromatic nitrogens is 4. The zero-order valence-electron chi connectivity index (χ0n) is 17.6. The van der Waals surface area contributed by atoms with Gasteiger partial charge in [0.05, 0.1) is 23.3 Å². The van der Waals surface area contributed by atoms with Crippen LogP contribution in [0.25, 0.3) is 5.69 Å². The Hall–Kier alpha value is -3.10. The minimum atomic E-state index is -4.56. The van der Waals surface area contributed by atoms with Crippen LogP contribution in [0, 0.1) is 13.8 Å². The fourth-order valence-electron chi connectivity index (χ4n) is 3.80. The highest BCUT2D eigenvalue weighted by Gasteiger charge is 2.35. The van der Waals surface area contributed by atoms with Gasteiger partial charge in [0, 0.05) is 12.1 Å². The van der Waals surface area contributed by atoms with Crippen molar-refractivity contribution in [3.05, 3.63) is 59.4 Å². The largest absolute Gasteiger partial charge is 0.434 e. The lowest BCUT2D eigenvalue weighted by atomic mass is 9.82. The average molecular weight is 431 g/mol. The number of benzene rings is 1. The zero-order valence-corrected chi connectivity index (χ0v) is 17.6. The third-order valence-electron chi connectivity index (χ3n) is 5.84. The predicted octanol–water partition coefficient (Wildman–Crippen LogP) is 5.17. The first-order valence-corrected chi connectivity index (χ1v) is 10.2. The van der Waals surface area contributed by atoms with Crippen LogP contribution in [0.3, 0.4) is 0 Å². The summed E-state index contributed by atoms with van der Waals surface area (Å²) in [6, 6.07) is 7.10. The molecule has 4 rings (SSSR count). The Bertz CT molecular complexity index is 1090. The molecule has 9 heteroatoms. The van der Waals surface area contributed by atoms with Crippen molar-refractivity contribution in [3.63, 3.8) is 0 Å². The molecule has 0 bridgehead atoms. The lowest BCUT2D eigenvalue weighted by Crippen LogP contribution is -2.25. The molecule has 3 aromatic rings. The van der Waals surface area contributed by atoms with Crippen LogP contribution in [-0.4, -0.2) is 25.2 Å². The number of halogens is 3. The molecular weight excluding hydrogens is 407 g/mol. The summed E-state index contributed by atoms with van der Waals surface area (Å²) in [5.74, 6) is -0.0102. The Balaban J connectivity index is 1.61. The summed E-state index contributed by atoms with van der Waals surface area (Å²) in [6.07, 6.45) is 1.06. The van der Waals surface area contributed by atoms with E-state index < -0.39 is 23.8 Å². The molecule has 31 heavy (non-hydrogen) atoms. The van der Waals surface area contributed by atoms with Crippen LogP contribution in [0.2, 0.25) is 0 Å². The topological polar surface area (TPSA) is 64.7 Å². The van der Waals surface area contributed by atoms with E-state index in [0.29, 0.717) is 5.69 Å². The highest BCUT2D eigenvalue weighted by molar-refractivity contribution is 5.94. The van der Waals surface area contributed by atoms with E-state index in [4.69, 9.17) is 0 Å². The second-order valence-corrected chi connectivity index (χ2v) is 8.06. The Labute approximate surface area is 178 Å². The van der Waals surface area contributed by atoms with Crippen molar-refractivity contribution in [1.82, 2.24) is 19.3 Å². The van der Waals surface area contributed by atoms with E-state index in [2.05, 4.69) is 15.4 Å². The van der Waals surface area contributed by atoms with Crippen LogP contribution in [-0.2, 0) is 11.0 Å². The Morgan fingerprint density at radius 2 is 1.87 bits per heavy atom. The van der Waals surface area contributed by atoms with Crippen molar-refractivity contribution >= 4 is 11.6 Å². The molecule has 2 heterocycles. The minimum Gasteiger partial charge on any atom is -0.322 e. The van der Waals surface area contributed by atoms with E-state index >= 15 is 0 Å². The first-order chi connectivity index (χ1) is 14.6. The van der Waals surface area contributed by atoms with Gasteiger partial charge in [-0.25, -0.2) is 9.67 Å². The van der Waals surface area contributed by atoms with E-state index in [1.807, 2.05) is 35.9 Å². The van der Waals surface area contributed by atoms with E-state index in [1.54, 1.807) is 13.1 Å². The summed E-state index contributed by atoms with van der Waals surface area (Å²) >= 11 is 0. The van der Waals surface area contributed by atoms with Crippen LogP contribution in [0.4, 0.5) is 18.9 Å². The molecule has 1 aromatic carbocycles. The normalized spacial score (nSPS) is 15.5. The molecule has 0 spiro atoms. The Morgan fingerprint density at radius 3 is 2.42 bits per heavy atom. The first-order valence-electron chi connectivity index (χ1n) is 10.2. The van der Waals surface area contributed by atoms with Crippen LogP contribution >= 0.6 is 0 Å². The van der Waals surface area contributed by atoms with Gasteiger partial charge in [-0.2, -0.15) is 18.3 Å². The first kappa shape index (κ1) is 21.1. The van der Waals surface area contributed by atoms with Gasteiger partial charge in [0.15, 0.2) is 5.69 Å². The van der Waals surface area contributed by atoms with Crippen LogP contribution in [0.1, 0.15) is 60.9 Å². The van der Waals surface area contributed by atoms with Crippen molar-refractivity contribution in [2.45, 2.75) is 58.2 Å². The molecule has 1 aliphatic carbocycles. The molecule has 1 saturated carbocycles. The minimum absolute atomic E-state index is 0.129. The van der Waals surface area contributed by atoms with Crippen molar-refractivity contribution in [2.24, 2.45) is 0 Å². The number of hydrogen-bond donors (Lipinski definition) is 1. The summed E-state index contributed by atoms with van der Waals surface area (Å²) in [7, 11) is 0. The number of amides is 1. The number of aryl methyl sites for hydroxylation is 2. The maximum Gasteiger partial charge on any atom is 0.434 e. The summed E-state index contributed by atoms with van der Waals surface area (Å²) in [5.41, 5.74) is 2.55. The number of imidazole rings is 1. The SMILES string of the molecule is Cc1ccc(-n2ncc(NC(=O)C(C)n3cc(C(F)(F)F)nc3C)c2C2CCC2)cc1. The van der Waals surface area contributed by atoms with Gasteiger partial charge in [-0.1, -0.05) is 24.1 Å². The number of carbonyl (C=O) groups is 1. The van der Waals surface area contributed by atoms with Gasteiger partial charge < -0.3 is 9.88 Å². The van der Waals surface area contributed by atoms with Gasteiger partial charge in [-0.15, -0.1) is 0 Å². The van der Waals surface area contributed by atoms with Crippen LogP contribution < -0.4 is 5.32 Å². The quantitative estimate of drug-likeness (QED) is 0.606. The van der Waals surface area contributed by atoms with Crippen LogP contribution in [0.5, 0.6) is 0 Å². The number of anilines is 1. The highest BCUT2D eigenvalue weighted by atomic mass is 19.4. The molecule has 0 aliphatic heterocycles. The molecule has 0 radical (unpaired) electrons. The lowest BCUT2D eigenvalue weighted by Gasteiger charge is -2.27. The fourth-order valence-corrected chi connectivity index (χ4v) is 3.80. The van der Waals surface area contributed by atoms with Crippen molar-refractivity contribution in [3.8, 4) is 5.69 Å². The second kappa shape index (κ2) is 7.86. The van der Waals surface area contributed by atoms with Gasteiger partial charge >= 0.3 is 6.18 Å². The molecule has 1 amide bonds. The van der Waals surface area contributed by atoms with Gasteiger partial charge in [0.2, 0.25) is 5.91 Å². The van der Waals surface area contributed by atoms with Crippen molar-refractivity contribution < 1.29 is 18.0 Å². The van der Waals surface area contributed by atoms with Gasteiger partial charge in [-0.3, -0.25) is 4.79 Å². The van der Waals surface area contributed by atoms with Gasteiger partial charge in [0.1, 0.15) is 11.9 Å². The number of rotatable bonds is 5. The molecule has 1 atom stereocenters. The summed E-state index contributed by atoms with van der Waals surface area (Å²) in [5, 5.41) is 7.37. The maximum absolute atomic E-state index is 13.0. The standard InChI is InChI=1S/C22H24F3N5O/c1-13-7-9-17(10-8-13)30-20(16-5-4-6-16)18(11-26-30)28-21(31)14(2)29-12-19(22(23,24)25)27-15(29)3/h7-12,14,16H,4-6H2,1-3H3,(H,28,31). The number of carbonyl (C=O) groups excluding carboxylic acids is 1. The smallest absolute Gasteiger partial charge is 0.322 e. The summed E-state index contributed by atoms with van der Waals surface area (Å²) in [6.45, 7) is 5.01. The number of hydrogen-bond acceptors (Lipinski definition) is 3. The molecule has 0 saturated heterocycles. The van der Waals surface area contributed by atoms with Crippen molar-refractivity contribution in [2.75, 3.05) is 5.32 Å². The molecule has 2 aromatic heterocycles. The molecule has 1 aliphatic rings. The molecule has 1 N–H and O–H groups in total. The molecule has 164 valence electrons. The third-order valence-corrected chi connectivity index (χ3v) is 5.84. The average Bonchev–Trinajstić information content (AvgIpc) is 3.25. The lowest BCUT2D eigenvalue weighted by molar-refractivity contribution is -0.141. The molecular formula is C22H24F3N5O. The van der Waals surface area contributed by atoms with E-state index in [0.717, 1.165) is 42.4 Å². The maximum atomic E-state index is 13.0. The molecule has 1 unspecified atom stereocenters. The summed E-state index contributed by atoms with van der Waals surface area (Å²) < 4.78 is 42.0. The summed E-state index contributed by atoms with van der Waals surface area (Å²) in [4.78, 5) is 16.5. The van der Waals surface area contributed by atoms with Gasteiger partial charge in [0.25, 0.3) is 0 Å². The number of nitrogens with one attached hydrogen (secondary N) is 1. The van der Waals surface area contributed by atoms with Crippen LogP contribution in [0.15, 0.2) is 36.7 Å². The highest BCUT2D eigenvalue weighted by Crippen LogP contribution is 2.41. The monoisotopic (exact) mass is 431 g/mol. The predicted molar refractivity (Wildman–Crippen MR) is 110 cm³/mol. The second-order valence-electron chi connectivity index (χ2n) is 8.06. The van der Waals surface area contributed by atoms with Crippen molar-refractivity contribution in [1.29, 1.82) is 0 Å². The molecule has 1 fully saturated rings. The number of nitrogens with zero attached hydrogens (tertiary/aromatic N) is 4. The van der Waals surface area contributed by atoms with E-state index in [9.17, 15) is 18.0 Å². The van der Waals surface area contributed by atoms with Gasteiger partial charge in [-0.05, 0) is 45.7 Å². The molecule has 6 nitrogen and oxygen atoms in total.